The van der Waals surface area contributed by atoms with Gasteiger partial charge in [0.2, 0.25) is 0 Å². The first-order valence-corrected chi connectivity index (χ1v) is 5.92. The molecule has 0 aromatic carbocycles. The third kappa shape index (κ3) is 2.06. The summed E-state index contributed by atoms with van der Waals surface area (Å²) < 4.78 is 1.88. The Bertz CT molecular complexity index is 734. The topological polar surface area (TPSA) is 59.3 Å². The molecule has 3 aromatic heterocycles. The number of hydrogen-bond acceptors (Lipinski definition) is 3. The molecule has 0 spiro atoms. The van der Waals surface area contributed by atoms with Gasteiger partial charge in [-0.3, -0.25) is 4.79 Å². The molecule has 3 heterocycles. The lowest BCUT2D eigenvalue weighted by Gasteiger charge is -2.01. The van der Waals surface area contributed by atoms with E-state index >= 15 is 0 Å². The van der Waals surface area contributed by atoms with Crippen LogP contribution in [0.15, 0.2) is 48.8 Å². The summed E-state index contributed by atoms with van der Waals surface area (Å²) in [5, 5.41) is 2.74. The maximum Gasteiger partial charge on any atom is 0.277 e. The molecule has 0 saturated carbocycles. The van der Waals surface area contributed by atoms with Gasteiger partial charge in [0.1, 0.15) is 11.6 Å². The Balaban J connectivity index is 1.98. The van der Waals surface area contributed by atoms with Gasteiger partial charge in [0.15, 0.2) is 5.69 Å². The van der Waals surface area contributed by atoms with Crippen LogP contribution in [0, 0.1) is 6.92 Å². The fourth-order valence-corrected chi connectivity index (χ4v) is 1.97. The van der Waals surface area contributed by atoms with Gasteiger partial charge in [-0.1, -0.05) is 12.1 Å². The normalized spacial score (nSPS) is 10.6. The molecule has 5 heteroatoms. The maximum atomic E-state index is 12.2. The Kier molecular flexibility index (Phi) is 2.72. The lowest BCUT2D eigenvalue weighted by molar-refractivity contribution is 0.102. The van der Waals surface area contributed by atoms with Crippen LogP contribution in [-0.2, 0) is 0 Å². The summed E-state index contributed by atoms with van der Waals surface area (Å²) in [6.45, 7) is 1.87. The van der Waals surface area contributed by atoms with Crippen LogP contribution in [0.25, 0.3) is 5.52 Å². The molecule has 0 atom stereocenters. The fourth-order valence-electron chi connectivity index (χ4n) is 1.97. The van der Waals surface area contributed by atoms with Crippen LogP contribution in [0.3, 0.4) is 0 Å². The number of hydrogen-bond donors (Lipinski definition) is 1. The molecule has 1 amide bonds. The molecule has 0 unspecified atom stereocenters. The van der Waals surface area contributed by atoms with Crippen molar-refractivity contribution < 1.29 is 4.79 Å². The summed E-state index contributed by atoms with van der Waals surface area (Å²) in [5.74, 6) is 1.04. The van der Waals surface area contributed by atoms with E-state index in [0.29, 0.717) is 11.5 Å². The van der Waals surface area contributed by atoms with Gasteiger partial charge < -0.3 is 9.72 Å². The molecular formula is C14H12N4O. The van der Waals surface area contributed by atoms with Crippen molar-refractivity contribution in [1.82, 2.24) is 14.4 Å². The monoisotopic (exact) mass is 252 g/mol. The third-order valence-electron chi connectivity index (χ3n) is 2.85. The van der Waals surface area contributed by atoms with Gasteiger partial charge >= 0.3 is 0 Å². The highest BCUT2D eigenvalue weighted by Crippen LogP contribution is 2.14. The molecule has 0 saturated heterocycles. The van der Waals surface area contributed by atoms with Gasteiger partial charge in [0.25, 0.3) is 5.91 Å². The van der Waals surface area contributed by atoms with E-state index in [-0.39, 0.29) is 5.91 Å². The van der Waals surface area contributed by atoms with Crippen molar-refractivity contribution in [2.24, 2.45) is 0 Å². The summed E-state index contributed by atoms with van der Waals surface area (Å²) in [4.78, 5) is 20.6. The number of rotatable bonds is 2. The molecular weight excluding hydrogens is 240 g/mol. The molecule has 5 nitrogen and oxygen atoms in total. The van der Waals surface area contributed by atoms with Crippen LogP contribution < -0.4 is 5.32 Å². The predicted molar refractivity (Wildman–Crippen MR) is 72.1 cm³/mol. The van der Waals surface area contributed by atoms with Crippen LogP contribution in [0.5, 0.6) is 0 Å². The van der Waals surface area contributed by atoms with Gasteiger partial charge in [-0.2, -0.15) is 0 Å². The molecule has 1 N–H and O–H groups in total. The molecule has 0 aliphatic heterocycles. The van der Waals surface area contributed by atoms with Crippen molar-refractivity contribution in [3.05, 3.63) is 60.3 Å². The van der Waals surface area contributed by atoms with Gasteiger partial charge in [-0.05, 0) is 31.2 Å². The van der Waals surface area contributed by atoms with Crippen LogP contribution >= 0.6 is 0 Å². The summed E-state index contributed by atoms with van der Waals surface area (Å²) >= 11 is 0. The zero-order valence-electron chi connectivity index (χ0n) is 10.4. The second-order valence-corrected chi connectivity index (χ2v) is 4.13. The van der Waals surface area contributed by atoms with E-state index in [2.05, 4.69) is 15.3 Å². The Hall–Kier alpha value is -2.69. The van der Waals surface area contributed by atoms with E-state index in [1.807, 2.05) is 41.8 Å². The van der Waals surface area contributed by atoms with E-state index in [0.717, 1.165) is 11.3 Å². The van der Waals surface area contributed by atoms with E-state index in [1.54, 1.807) is 18.3 Å². The highest BCUT2D eigenvalue weighted by molar-refractivity contribution is 6.07. The van der Waals surface area contributed by atoms with E-state index in [1.165, 1.54) is 0 Å². The number of anilines is 1. The average molecular weight is 252 g/mol. The Morgan fingerprint density at radius 3 is 2.84 bits per heavy atom. The van der Waals surface area contributed by atoms with Crippen molar-refractivity contribution in [2.45, 2.75) is 6.92 Å². The number of carbonyl (C=O) groups is 1. The molecule has 19 heavy (non-hydrogen) atoms. The Morgan fingerprint density at radius 2 is 2.05 bits per heavy atom. The van der Waals surface area contributed by atoms with E-state index in [9.17, 15) is 4.79 Å². The van der Waals surface area contributed by atoms with Gasteiger partial charge in [-0.15, -0.1) is 0 Å². The van der Waals surface area contributed by atoms with Crippen molar-refractivity contribution >= 4 is 17.2 Å². The summed E-state index contributed by atoms with van der Waals surface area (Å²) in [6.07, 6.45) is 3.52. The van der Waals surface area contributed by atoms with Gasteiger partial charge in [-0.25, -0.2) is 9.97 Å². The minimum absolute atomic E-state index is 0.254. The maximum absolute atomic E-state index is 12.2. The minimum Gasteiger partial charge on any atom is -0.305 e. The molecule has 3 rings (SSSR count). The van der Waals surface area contributed by atoms with Crippen molar-refractivity contribution in [3.8, 4) is 0 Å². The number of fused-ring (bicyclic) bond motifs is 1. The first-order chi connectivity index (χ1) is 9.25. The molecule has 0 radical (unpaired) electrons. The summed E-state index contributed by atoms with van der Waals surface area (Å²) in [6, 6.07) is 11.0. The Morgan fingerprint density at radius 1 is 1.21 bits per heavy atom. The lowest BCUT2D eigenvalue weighted by atomic mass is 10.3. The third-order valence-corrected chi connectivity index (χ3v) is 2.85. The van der Waals surface area contributed by atoms with Crippen molar-refractivity contribution in [2.75, 3.05) is 5.32 Å². The van der Waals surface area contributed by atoms with Crippen molar-refractivity contribution in [3.63, 3.8) is 0 Å². The van der Waals surface area contributed by atoms with Crippen LogP contribution in [0.1, 0.15) is 16.3 Å². The van der Waals surface area contributed by atoms with Crippen LogP contribution in [-0.4, -0.2) is 20.3 Å². The second kappa shape index (κ2) is 4.53. The molecule has 94 valence electrons. The zero-order chi connectivity index (χ0) is 13.2. The number of amides is 1. The number of nitrogens with zero attached hydrogens (tertiary/aromatic N) is 3. The highest BCUT2D eigenvalue weighted by atomic mass is 16.2. The molecule has 0 fully saturated rings. The number of aryl methyl sites for hydroxylation is 1. The van der Waals surface area contributed by atoms with Crippen LogP contribution in [0.2, 0.25) is 0 Å². The fraction of sp³-hybridized carbons (Fsp3) is 0.0714. The molecule has 0 bridgehead atoms. The lowest BCUT2D eigenvalue weighted by Crippen LogP contribution is -2.13. The second-order valence-electron chi connectivity index (χ2n) is 4.13. The minimum atomic E-state index is -0.254. The molecule has 3 aromatic rings. The standard InChI is InChI=1S/C14H12N4O/c1-10-16-13(11-6-3-5-9-18(10)11)14(19)17-12-7-2-4-8-15-12/h2-9H,1H3,(H,15,17,19). The van der Waals surface area contributed by atoms with E-state index < -0.39 is 0 Å². The van der Waals surface area contributed by atoms with Gasteiger partial charge in [0, 0.05) is 12.4 Å². The number of nitrogens with one attached hydrogen (secondary N) is 1. The SMILES string of the molecule is Cc1nc(C(=O)Nc2ccccn2)c2ccccn12. The molecule has 0 aliphatic carbocycles. The molecule has 0 aliphatic rings. The average Bonchev–Trinajstić information content (AvgIpc) is 2.78. The first-order valence-electron chi connectivity index (χ1n) is 5.92. The number of aromatic nitrogens is 3. The largest absolute Gasteiger partial charge is 0.305 e. The quantitative estimate of drug-likeness (QED) is 0.761. The first kappa shape index (κ1) is 11.4. The smallest absolute Gasteiger partial charge is 0.277 e. The predicted octanol–water partition coefficient (Wildman–Crippen LogP) is 2.29. The highest BCUT2D eigenvalue weighted by Gasteiger charge is 2.15. The van der Waals surface area contributed by atoms with Gasteiger partial charge in [0.05, 0.1) is 5.52 Å². The summed E-state index contributed by atoms with van der Waals surface area (Å²) in [5.41, 5.74) is 1.19. The number of carbonyl (C=O) groups excluding carboxylic acids is 1. The van der Waals surface area contributed by atoms with Crippen LogP contribution in [0.4, 0.5) is 5.82 Å². The van der Waals surface area contributed by atoms with E-state index in [4.69, 9.17) is 0 Å². The van der Waals surface area contributed by atoms with Crippen molar-refractivity contribution in [1.29, 1.82) is 0 Å². The summed E-state index contributed by atoms with van der Waals surface area (Å²) in [7, 11) is 0. The zero-order valence-corrected chi connectivity index (χ0v) is 10.4. The Labute approximate surface area is 109 Å². The number of imidazole rings is 1. The number of pyridine rings is 2.